The van der Waals surface area contributed by atoms with E-state index in [4.69, 9.17) is 10.00 Å². The van der Waals surface area contributed by atoms with Crippen LogP contribution in [0.3, 0.4) is 0 Å². The number of amides is 1. The summed E-state index contributed by atoms with van der Waals surface area (Å²) in [5, 5.41) is 10.9. The van der Waals surface area contributed by atoms with E-state index in [-0.39, 0.29) is 30.0 Å². The molecule has 174 valence electrons. The summed E-state index contributed by atoms with van der Waals surface area (Å²) in [4.78, 5) is 24.0. The van der Waals surface area contributed by atoms with Gasteiger partial charge in [-0.05, 0) is 35.9 Å². The number of para-hydroxylation sites is 1. The first kappa shape index (κ1) is 24.5. The van der Waals surface area contributed by atoms with Crippen molar-refractivity contribution < 1.29 is 22.7 Å². The first-order valence-corrected chi connectivity index (χ1v) is 11.9. The topological polar surface area (TPSA) is 117 Å². The summed E-state index contributed by atoms with van der Waals surface area (Å²) in [6.07, 6.45) is 0.139. The molecule has 0 spiro atoms. The molecule has 0 saturated heterocycles. The van der Waals surface area contributed by atoms with E-state index < -0.39 is 28.5 Å². The maximum atomic E-state index is 13.6. The molecule has 1 amide bonds. The molecule has 34 heavy (non-hydrogen) atoms. The highest BCUT2D eigenvalue weighted by Crippen LogP contribution is 2.26. The molecular weight excluding hydrogens is 454 g/mol. The van der Waals surface area contributed by atoms with Gasteiger partial charge in [-0.2, -0.15) is 5.26 Å². The molecule has 3 aromatic carbocycles. The van der Waals surface area contributed by atoms with Crippen molar-refractivity contribution in [2.24, 2.45) is 0 Å². The van der Waals surface area contributed by atoms with Crippen molar-refractivity contribution in [1.82, 2.24) is 5.32 Å². The van der Waals surface area contributed by atoms with Crippen LogP contribution in [0.5, 0.6) is 0 Å². The minimum absolute atomic E-state index is 0.00128. The van der Waals surface area contributed by atoms with Crippen molar-refractivity contribution in [2.45, 2.75) is 17.9 Å². The smallest absolute Gasteiger partial charge is 0.338 e. The third kappa shape index (κ3) is 6.43. The van der Waals surface area contributed by atoms with E-state index in [0.29, 0.717) is 5.69 Å². The van der Waals surface area contributed by atoms with Gasteiger partial charge in [-0.25, -0.2) is 13.2 Å². The summed E-state index contributed by atoms with van der Waals surface area (Å²) in [6, 6.07) is 25.3. The number of ether oxygens (including phenoxy) is 1. The summed E-state index contributed by atoms with van der Waals surface area (Å²) >= 11 is 0. The number of nitrogens with one attached hydrogen (secondary N) is 1. The maximum Gasteiger partial charge on any atom is 0.338 e. The Bertz CT molecular complexity index is 1270. The largest absolute Gasteiger partial charge is 0.452 e. The van der Waals surface area contributed by atoms with Gasteiger partial charge in [-0.1, -0.05) is 54.6 Å². The molecule has 0 heterocycles. The average Bonchev–Trinajstić information content (AvgIpc) is 2.87. The van der Waals surface area contributed by atoms with Crippen molar-refractivity contribution >= 4 is 27.6 Å². The lowest BCUT2D eigenvalue weighted by molar-refractivity contribution is -0.124. The number of rotatable bonds is 10. The molecule has 0 atom stereocenters. The second-order valence-corrected chi connectivity index (χ2v) is 9.06. The summed E-state index contributed by atoms with van der Waals surface area (Å²) in [5.41, 5.74) is 1.28. The van der Waals surface area contributed by atoms with E-state index in [1.807, 2.05) is 36.4 Å². The number of nitriles is 1. The van der Waals surface area contributed by atoms with Gasteiger partial charge in [0.15, 0.2) is 6.61 Å². The summed E-state index contributed by atoms with van der Waals surface area (Å²) in [6.45, 7) is -0.284. The number of anilines is 1. The fourth-order valence-corrected chi connectivity index (χ4v) is 4.59. The minimum Gasteiger partial charge on any atom is -0.452 e. The van der Waals surface area contributed by atoms with Gasteiger partial charge in [0.1, 0.15) is 0 Å². The number of sulfonamides is 1. The molecule has 0 aromatic heterocycles. The molecule has 0 unspecified atom stereocenters. The van der Waals surface area contributed by atoms with E-state index in [2.05, 4.69) is 5.32 Å². The van der Waals surface area contributed by atoms with Crippen molar-refractivity contribution in [2.75, 3.05) is 17.5 Å². The first-order valence-electron chi connectivity index (χ1n) is 10.4. The van der Waals surface area contributed by atoms with E-state index in [9.17, 15) is 18.0 Å². The SMILES string of the molecule is N#CCCNC(=O)COC(=O)c1cccc(S(=O)(=O)N(Cc2ccccc2)c2ccccc2)c1. The van der Waals surface area contributed by atoms with Gasteiger partial charge < -0.3 is 10.1 Å². The maximum absolute atomic E-state index is 13.6. The van der Waals surface area contributed by atoms with Crippen molar-refractivity contribution in [1.29, 1.82) is 5.26 Å². The van der Waals surface area contributed by atoms with Crippen LogP contribution in [0.4, 0.5) is 5.69 Å². The zero-order valence-corrected chi connectivity index (χ0v) is 19.1. The Morgan fingerprint density at radius 2 is 1.62 bits per heavy atom. The number of carbonyl (C=O) groups is 2. The second-order valence-electron chi connectivity index (χ2n) is 7.19. The van der Waals surface area contributed by atoms with Gasteiger partial charge in [0.2, 0.25) is 0 Å². The highest BCUT2D eigenvalue weighted by Gasteiger charge is 2.26. The molecule has 3 rings (SSSR count). The third-order valence-corrected chi connectivity index (χ3v) is 6.53. The molecule has 0 saturated carbocycles. The number of benzene rings is 3. The minimum atomic E-state index is -4.04. The quantitative estimate of drug-likeness (QED) is 0.354. The summed E-state index contributed by atoms with van der Waals surface area (Å²) < 4.78 is 33.5. The van der Waals surface area contributed by atoms with Crippen LogP contribution in [0.2, 0.25) is 0 Å². The molecule has 0 radical (unpaired) electrons. The van der Waals surface area contributed by atoms with Gasteiger partial charge >= 0.3 is 5.97 Å². The van der Waals surface area contributed by atoms with Crippen LogP contribution in [0.1, 0.15) is 22.3 Å². The molecule has 0 aliphatic heterocycles. The second kappa shape index (κ2) is 11.6. The van der Waals surface area contributed by atoms with Crippen LogP contribution in [-0.4, -0.2) is 33.4 Å². The Labute approximate surface area is 198 Å². The first-order chi connectivity index (χ1) is 16.4. The predicted molar refractivity (Wildman–Crippen MR) is 126 cm³/mol. The molecule has 0 bridgehead atoms. The van der Waals surface area contributed by atoms with E-state index in [1.165, 1.54) is 28.6 Å². The molecular formula is C25H23N3O5S. The average molecular weight is 478 g/mol. The highest BCUT2D eigenvalue weighted by molar-refractivity contribution is 7.92. The van der Waals surface area contributed by atoms with Gasteiger partial charge in [0, 0.05) is 6.54 Å². The lowest BCUT2D eigenvalue weighted by Crippen LogP contribution is -2.31. The van der Waals surface area contributed by atoms with Gasteiger partial charge in [-0.3, -0.25) is 9.10 Å². The molecule has 0 fully saturated rings. The highest BCUT2D eigenvalue weighted by atomic mass is 32.2. The normalized spacial score (nSPS) is 10.7. The van der Waals surface area contributed by atoms with Gasteiger partial charge in [0.05, 0.1) is 35.2 Å². The number of hydrogen-bond acceptors (Lipinski definition) is 6. The zero-order chi connectivity index (χ0) is 24.4. The van der Waals surface area contributed by atoms with E-state index in [0.717, 1.165) is 5.56 Å². The molecule has 8 nitrogen and oxygen atoms in total. The van der Waals surface area contributed by atoms with E-state index in [1.54, 1.807) is 30.3 Å². The van der Waals surface area contributed by atoms with Crippen LogP contribution in [0, 0.1) is 11.3 Å². The van der Waals surface area contributed by atoms with Crippen molar-refractivity contribution in [3.05, 3.63) is 96.1 Å². The van der Waals surface area contributed by atoms with Crippen LogP contribution in [0.25, 0.3) is 0 Å². The number of carbonyl (C=O) groups excluding carboxylic acids is 2. The fourth-order valence-electron chi connectivity index (χ4n) is 3.09. The Balaban J connectivity index is 1.82. The standard InChI is InChI=1S/C25H23N3O5S/c26-15-8-16-27-24(29)19-33-25(30)21-11-7-14-23(17-21)34(31,32)28(22-12-5-2-6-13-22)18-20-9-3-1-4-10-20/h1-7,9-14,17H,8,16,18-19H2,(H,27,29). The summed E-state index contributed by atoms with van der Waals surface area (Å²) in [5.74, 6) is -1.38. The number of hydrogen-bond donors (Lipinski definition) is 1. The van der Waals surface area contributed by atoms with E-state index >= 15 is 0 Å². The molecule has 0 aliphatic rings. The Kier molecular flexibility index (Phi) is 8.37. The van der Waals surface area contributed by atoms with Crippen LogP contribution in [-0.2, 0) is 26.1 Å². The Morgan fingerprint density at radius 1 is 0.941 bits per heavy atom. The Hall–Kier alpha value is -4.16. The van der Waals surface area contributed by atoms with Crippen molar-refractivity contribution in [3.63, 3.8) is 0 Å². The molecule has 0 aliphatic carbocycles. The Morgan fingerprint density at radius 3 is 2.29 bits per heavy atom. The molecule has 3 aromatic rings. The van der Waals surface area contributed by atoms with Crippen LogP contribution in [0.15, 0.2) is 89.8 Å². The predicted octanol–water partition coefficient (Wildman–Crippen LogP) is 3.27. The zero-order valence-electron chi connectivity index (χ0n) is 18.3. The lowest BCUT2D eigenvalue weighted by atomic mass is 10.2. The molecule has 9 heteroatoms. The van der Waals surface area contributed by atoms with Gasteiger partial charge in [-0.15, -0.1) is 0 Å². The molecule has 1 N–H and O–H groups in total. The third-order valence-electron chi connectivity index (χ3n) is 4.76. The van der Waals surface area contributed by atoms with Gasteiger partial charge in [0.25, 0.3) is 15.9 Å². The summed E-state index contributed by atoms with van der Waals surface area (Å²) in [7, 11) is -4.04. The van der Waals surface area contributed by atoms with Crippen molar-refractivity contribution in [3.8, 4) is 6.07 Å². The number of esters is 1. The lowest BCUT2D eigenvalue weighted by Gasteiger charge is -2.25. The monoisotopic (exact) mass is 477 g/mol. The van der Waals surface area contributed by atoms with Crippen LogP contribution < -0.4 is 9.62 Å². The number of nitrogens with zero attached hydrogens (tertiary/aromatic N) is 2. The fraction of sp³-hybridized carbons (Fsp3) is 0.160. The van der Waals surface area contributed by atoms with Crippen LogP contribution >= 0.6 is 0 Å².